The van der Waals surface area contributed by atoms with E-state index >= 15 is 0 Å². The van der Waals surface area contributed by atoms with Crippen molar-refractivity contribution in [2.45, 2.75) is 13.8 Å². The number of tetrazole rings is 1. The van der Waals surface area contributed by atoms with Crippen molar-refractivity contribution in [1.82, 2.24) is 20.2 Å². The number of nitrogens with one attached hydrogen (secondary N) is 1. The fourth-order valence-corrected chi connectivity index (χ4v) is 1.47. The first-order valence-electron chi connectivity index (χ1n) is 6.33. The monoisotopic (exact) mass is 275 g/mol. The maximum absolute atomic E-state index is 11.9. The summed E-state index contributed by atoms with van der Waals surface area (Å²) in [6, 6.07) is 6.92. The number of aryl methyl sites for hydroxylation is 1. The second-order valence-corrected chi connectivity index (χ2v) is 4.79. The van der Waals surface area contributed by atoms with Gasteiger partial charge in [-0.05, 0) is 35.4 Å². The Balaban J connectivity index is 1.96. The van der Waals surface area contributed by atoms with Gasteiger partial charge in [0.05, 0.1) is 13.7 Å². The molecule has 20 heavy (non-hydrogen) atoms. The van der Waals surface area contributed by atoms with Gasteiger partial charge >= 0.3 is 0 Å². The van der Waals surface area contributed by atoms with Crippen LogP contribution in [0.1, 0.15) is 24.2 Å². The SMILES string of the molecule is CC(C)COc1ccc(C(=O)Nc2nnn(C)n2)cc1. The first-order chi connectivity index (χ1) is 9.54. The number of benzene rings is 1. The quantitative estimate of drug-likeness (QED) is 0.894. The lowest BCUT2D eigenvalue weighted by molar-refractivity contribution is 0.102. The smallest absolute Gasteiger partial charge is 0.270 e. The van der Waals surface area contributed by atoms with Crippen molar-refractivity contribution in [3.8, 4) is 5.75 Å². The lowest BCUT2D eigenvalue weighted by Crippen LogP contribution is -2.13. The van der Waals surface area contributed by atoms with Crippen LogP contribution in [0.15, 0.2) is 24.3 Å². The van der Waals surface area contributed by atoms with Gasteiger partial charge in [0, 0.05) is 5.56 Å². The first-order valence-corrected chi connectivity index (χ1v) is 6.33. The van der Waals surface area contributed by atoms with Crippen LogP contribution in [-0.2, 0) is 7.05 Å². The molecule has 0 radical (unpaired) electrons. The summed E-state index contributed by atoms with van der Waals surface area (Å²) in [6.45, 7) is 4.81. The highest BCUT2D eigenvalue weighted by molar-refractivity contribution is 6.03. The molecule has 0 aliphatic carbocycles. The topological polar surface area (TPSA) is 81.9 Å². The van der Waals surface area contributed by atoms with Crippen molar-refractivity contribution in [3.05, 3.63) is 29.8 Å². The van der Waals surface area contributed by atoms with Crippen LogP contribution >= 0.6 is 0 Å². The van der Waals surface area contributed by atoms with E-state index in [0.717, 1.165) is 5.75 Å². The Morgan fingerprint density at radius 1 is 1.35 bits per heavy atom. The first kappa shape index (κ1) is 14.0. The molecule has 0 saturated carbocycles. The van der Waals surface area contributed by atoms with Gasteiger partial charge in [0.2, 0.25) is 0 Å². The van der Waals surface area contributed by atoms with Gasteiger partial charge < -0.3 is 4.74 Å². The molecule has 1 aromatic carbocycles. The number of nitrogens with zero attached hydrogens (tertiary/aromatic N) is 4. The zero-order valence-electron chi connectivity index (χ0n) is 11.7. The van der Waals surface area contributed by atoms with E-state index in [-0.39, 0.29) is 11.9 Å². The number of hydrogen-bond donors (Lipinski definition) is 1. The Morgan fingerprint density at radius 2 is 2.05 bits per heavy atom. The summed E-state index contributed by atoms with van der Waals surface area (Å²) in [5.74, 6) is 1.10. The van der Waals surface area contributed by atoms with E-state index in [4.69, 9.17) is 4.74 Å². The number of carbonyl (C=O) groups excluding carboxylic acids is 1. The summed E-state index contributed by atoms with van der Waals surface area (Å²) in [7, 11) is 1.63. The number of hydrogen-bond acceptors (Lipinski definition) is 5. The average Bonchev–Trinajstić information content (AvgIpc) is 2.82. The van der Waals surface area contributed by atoms with Crippen LogP contribution in [0, 0.1) is 5.92 Å². The maximum atomic E-state index is 11.9. The number of carbonyl (C=O) groups is 1. The van der Waals surface area contributed by atoms with Crippen LogP contribution in [0.3, 0.4) is 0 Å². The normalized spacial score (nSPS) is 10.6. The summed E-state index contributed by atoms with van der Waals surface area (Å²) in [4.78, 5) is 13.2. The average molecular weight is 275 g/mol. The Bertz CT molecular complexity index is 577. The molecule has 2 rings (SSSR count). The zero-order chi connectivity index (χ0) is 14.5. The minimum absolute atomic E-state index is 0.178. The molecule has 1 aromatic heterocycles. The van der Waals surface area contributed by atoms with Gasteiger partial charge in [0.1, 0.15) is 5.75 Å². The Hall–Kier alpha value is -2.44. The summed E-state index contributed by atoms with van der Waals surface area (Å²) in [5, 5.41) is 13.8. The van der Waals surface area contributed by atoms with E-state index < -0.39 is 0 Å². The lowest BCUT2D eigenvalue weighted by atomic mass is 10.2. The number of anilines is 1. The predicted octanol–water partition coefficient (Wildman–Crippen LogP) is 1.50. The van der Waals surface area contributed by atoms with Crippen LogP contribution in [0.2, 0.25) is 0 Å². The zero-order valence-corrected chi connectivity index (χ0v) is 11.7. The summed E-state index contributed by atoms with van der Waals surface area (Å²) >= 11 is 0. The maximum Gasteiger partial charge on any atom is 0.270 e. The third kappa shape index (κ3) is 3.78. The molecule has 0 bridgehead atoms. The van der Waals surface area contributed by atoms with Crippen molar-refractivity contribution < 1.29 is 9.53 Å². The van der Waals surface area contributed by atoms with Gasteiger partial charge in [0.25, 0.3) is 11.9 Å². The molecule has 0 saturated heterocycles. The third-order valence-electron chi connectivity index (χ3n) is 2.43. The molecule has 2 aromatic rings. The highest BCUT2D eigenvalue weighted by Gasteiger charge is 2.09. The molecule has 106 valence electrons. The molecule has 7 heteroatoms. The van der Waals surface area contributed by atoms with Gasteiger partial charge in [-0.15, -0.1) is 5.10 Å². The standard InChI is InChI=1S/C13H17N5O2/c1-9(2)8-20-11-6-4-10(5-7-11)12(19)14-13-15-17-18(3)16-13/h4-7,9H,8H2,1-3H3,(H,14,16,19). The second-order valence-electron chi connectivity index (χ2n) is 4.79. The highest BCUT2D eigenvalue weighted by atomic mass is 16.5. The van der Waals surface area contributed by atoms with Gasteiger partial charge in [0.15, 0.2) is 0 Å². The molecule has 0 unspecified atom stereocenters. The van der Waals surface area contributed by atoms with Crippen LogP contribution < -0.4 is 10.1 Å². The molecular formula is C13H17N5O2. The largest absolute Gasteiger partial charge is 0.493 e. The number of rotatable bonds is 5. The van der Waals surface area contributed by atoms with Crippen molar-refractivity contribution in [3.63, 3.8) is 0 Å². The molecule has 1 heterocycles. The van der Waals surface area contributed by atoms with E-state index in [1.54, 1.807) is 31.3 Å². The van der Waals surface area contributed by atoms with Crippen LogP contribution in [0.5, 0.6) is 5.75 Å². The number of aromatic nitrogens is 4. The second kappa shape index (κ2) is 6.14. The summed E-state index contributed by atoms with van der Waals surface area (Å²) in [5.41, 5.74) is 0.509. The minimum atomic E-state index is -0.284. The van der Waals surface area contributed by atoms with Crippen molar-refractivity contribution in [2.24, 2.45) is 13.0 Å². The third-order valence-corrected chi connectivity index (χ3v) is 2.43. The molecule has 0 atom stereocenters. The molecular weight excluding hydrogens is 258 g/mol. The summed E-state index contributed by atoms with van der Waals surface area (Å²) < 4.78 is 5.55. The molecule has 1 amide bonds. The van der Waals surface area contributed by atoms with Gasteiger partial charge in [-0.2, -0.15) is 4.80 Å². The van der Waals surface area contributed by atoms with Gasteiger partial charge in [-0.1, -0.05) is 18.9 Å². The minimum Gasteiger partial charge on any atom is -0.493 e. The van der Waals surface area contributed by atoms with Crippen molar-refractivity contribution in [1.29, 1.82) is 0 Å². The van der Waals surface area contributed by atoms with E-state index in [1.165, 1.54) is 4.80 Å². The van der Waals surface area contributed by atoms with Crippen molar-refractivity contribution in [2.75, 3.05) is 11.9 Å². The van der Waals surface area contributed by atoms with Crippen LogP contribution in [0.25, 0.3) is 0 Å². The van der Waals surface area contributed by atoms with E-state index in [2.05, 4.69) is 34.6 Å². The summed E-state index contributed by atoms with van der Waals surface area (Å²) in [6.07, 6.45) is 0. The van der Waals surface area contributed by atoms with E-state index in [1.807, 2.05) is 0 Å². The Labute approximate surface area is 116 Å². The lowest BCUT2D eigenvalue weighted by Gasteiger charge is -2.08. The molecule has 1 N–H and O–H groups in total. The fourth-order valence-electron chi connectivity index (χ4n) is 1.47. The number of amides is 1. The molecule has 7 nitrogen and oxygen atoms in total. The van der Waals surface area contributed by atoms with Crippen molar-refractivity contribution >= 4 is 11.9 Å². The Kier molecular flexibility index (Phi) is 4.29. The van der Waals surface area contributed by atoms with E-state index in [9.17, 15) is 4.79 Å². The predicted molar refractivity (Wildman–Crippen MR) is 73.5 cm³/mol. The molecule has 0 aliphatic rings. The van der Waals surface area contributed by atoms with Crippen LogP contribution in [-0.4, -0.2) is 32.7 Å². The van der Waals surface area contributed by atoms with Gasteiger partial charge in [-0.25, -0.2) is 0 Å². The molecule has 0 aliphatic heterocycles. The fraction of sp³-hybridized carbons (Fsp3) is 0.385. The Morgan fingerprint density at radius 3 is 2.60 bits per heavy atom. The number of ether oxygens (including phenoxy) is 1. The highest BCUT2D eigenvalue weighted by Crippen LogP contribution is 2.14. The molecule has 0 fully saturated rings. The van der Waals surface area contributed by atoms with E-state index in [0.29, 0.717) is 18.1 Å². The van der Waals surface area contributed by atoms with Gasteiger partial charge in [-0.3, -0.25) is 10.1 Å². The molecule has 0 spiro atoms. The van der Waals surface area contributed by atoms with Crippen LogP contribution in [0.4, 0.5) is 5.95 Å².